The molecule has 16 heavy (non-hydrogen) atoms. The molecule has 1 rings (SSSR count). The number of aliphatic hydroxyl groups is 1. The third-order valence-electron chi connectivity index (χ3n) is 1.69. The van der Waals surface area contributed by atoms with E-state index in [0.29, 0.717) is 12.1 Å². The Morgan fingerprint density at radius 2 is 1.75 bits per heavy atom. The van der Waals surface area contributed by atoms with Gasteiger partial charge in [0.1, 0.15) is 5.76 Å². The van der Waals surface area contributed by atoms with Gasteiger partial charge in [-0.1, -0.05) is 0 Å². The van der Waals surface area contributed by atoms with E-state index in [1.165, 1.54) is 0 Å². The number of hydrogen-bond acceptors (Lipinski definition) is 3. The van der Waals surface area contributed by atoms with Gasteiger partial charge in [-0.2, -0.15) is 0 Å². The van der Waals surface area contributed by atoms with Gasteiger partial charge in [0, 0.05) is 11.6 Å². The van der Waals surface area contributed by atoms with Crippen molar-refractivity contribution in [3.05, 3.63) is 41.5 Å². The number of benzene rings is 1. The van der Waals surface area contributed by atoms with Crippen molar-refractivity contribution in [3.63, 3.8) is 0 Å². The van der Waals surface area contributed by atoms with Gasteiger partial charge in [0.15, 0.2) is 11.6 Å². The Morgan fingerprint density at radius 1 is 1.12 bits per heavy atom. The van der Waals surface area contributed by atoms with E-state index in [1.54, 1.807) is 0 Å². The largest absolute Gasteiger partial charge is 0.507 e. The average Bonchev–Trinajstić information content (AvgIpc) is 2.21. The summed E-state index contributed by atoms with van der Waals surface area (Å²) in [5, 5.41) is 17.5. The van der Waals surface area contributed by atoms with Crippen molar-refractivity contribution in [2.45, 2.75) is 0 Å². The third kappa shape index (κ3) is 2.63. The molecule has 0 unspecified atom stereocenters. The Labute approximate surface area is 88.4 Å². The smallest absolute Gasteiger partial charge is 0.376 e. The van der Waals surface area contributed by atoms with E-state index in [4.69, 9.17) is 5.11 Å². The Bertz CT molecular complexity index is 480. The second-order valence-corrected chi connectivity index (χ2v) is 2.83. The number of hydrogen-bond donors (Lipinski definition) is 2. The number of halogens is 2. The molecular formula is C10H6F2O4. The number of aliphatic hydroxyl groups excluding tert-OH is 1. The highest BCUT2D eigenvalue weighted by molar-refractivity contribution is 6.38. The predicted octanol–water partition coefficient (Wildman–Crippen LogP) is 1.52. The number of carbonyl (C=O) groups is 2. The number of carboxylic acids is 1. The molecule has 0 radical (unpaired) electrons. The van der Waals surface area contributed by atoms with Gasteiger partial charge in [-0.3, -0.25) is 4.79 Å². The monoisotopic (exact) mass is 228 g/mol. The van der Waals surface area contributed by atoms with Gasteiger partial charge in [0.25, 0.3) is 5.78 Å². The minimum Gasteiger partial charge on any atom is -0.507 e. The molecule has 0 bridgehead atoms. The van der Waals surface area contributed by atoms with Gasteiger partial charge in [-0.25, -0.2) is 13.6 Å². The SMILES string of the molecule is O=C(O)C(=O)C=C(O)c1ccc(F)c(F)c1. The van der Waals surface area contributed by atoms with E-state index < -0.39 is 29.1 Å². The van der Waals surface area contributed by atoms with Crippen LogP contribution in [0.4, 0.5) is 8.78 Å². The summed E-state index contributed by atoms with van der Waals surface area (Å²) in [6.45, 7) is 0. The highest BCUT2D eigenvalue weighted by Gasteiger charge is 2.11. The van der Waals surface area contributed by atoms with Gasteiger partial charge in [-0.05, 0) is 18.2 Å². The van der Waals surface area contributed by atoms with E-state index in [1.807, 2.05) is 0 Å². The standard InChI is InChI=1S/C10H6F2O4/c11-6-2-1-5(3-7(6)12)8(13)4-9(14)10(15)16/h1-4,13H,(H,15,16). The topological polar surface area (TPSA) is 74.6 Å². The number of rotatable bonds is 3. The van der Waals surface area contributed by atoms with Crippen molar-refractivity contribution in [2.75, 3.05) is 0 Å². The molecule has 0 atom stereocenters. The molecule has 0 saturated carbocycles. The molecule has 0 aliphatic rings. The van der Waals surface area contributed by atoms with Gasteiger partial charge < -0.3 is 10.2 Å². The Kier molecular flexibility index (Phi) is 3.34. The molecule has 0 spiro atoms. The zero-order valence-electron chi connectivity index (χ0n) is 7.78. The summed E-state index contributed by atoms with van der Waals surface area (Å²) in [5.74, 6) is -6.18. The minimum atomic E-state index is -1.76. The fourth-order valence-corrected chi connectivity index (χ4v) is 0.925. The molecule has 1 aromatic carbocycles. The number of carbonyl (C=O) groups excluding carboxylic acids is 1. The van der Waals surface area contributed by atoms with E-state index in [2.05, 4.69) is 0 Å². The molecular weight excluding hydrogens is 222 g/mol. The molecule has 1 aromatic rings. The van der Waals surface area contributed by atoms with Crippen LogP contribution >= 0.6 is 0 Å². The first kappa shape index (κ1) is 11.8. The van der Waals surface area contributed by atoms with Crippen LogP contribution in [0.5, 0.6) is 0 Å². The summed E-state index contributed by atoms with van der Waals surface area (Å²) in [6, 6.07) is 2.41. The Hall–Kier alpha value is -2.24. The molecule has 0 aromatic heterocycles. The maximum atomic E-state index is 12.7. The molecule has 84 valence electrons. The Balaban J connectivity index is 3.05. The summed E-state index contributed by atoms with van der Waals surface area (Å²) >= 11 is 0. The zero-order valence-corrected chi connectivity index (χ0v) is 7.78. The lowest BCUT2D eigenvalue weighted by Crippen LogP contribution is -2.09. The first-order chi connectivity index (χ1) is 7.41. The van der Waals surface area contributed by atoms with Crippen LogP contribution in [0.3, 0.4) is 0 Å². The molecule has 6 heteroatoms. The van der Waals surface area contributed by atoms with Gasteiger partial charge in [-0.15, -0.1) is 0 Å². The normalized spacial score (nSPS) is 11.2. The first-order valence-corrected chi connectivity index (χ1v) is 4.05. The van der Waals surface area contributed by atoms with Crippen molar-refractivity contribution >= 4 is 17.5 Å². The molecule has 0 amide bonds. The van der Waals surface area contributed by atoms with Crippen molar-refractivity contribution in [1.29, 1.82) is 0 Å². The minimum absolute atomic E-state index is 0.187. The molecule has 0 aliphatic heterocycles. The van der Waals surface area contributed by atoms with Crippen LogP contribution in [0, 0.1) is 11.6 Å². The molecule has 0 aliphatic carbocycles. The van der Waals surface area contributed by atoms with Crippen LogP contribution in [0.1, 0.15) is 5.56 Å². The van der Waals surface area contributed by atoms with E-state index in [0.717, 1.165) is 12.1 Å². The van der Waals surface area contributed by atoms with Crippen molar-refractivity contribution in [2.24, 2.45) is 0 Å². The lowest BCUT2D eigenvalue weighted by atomic mass is 10.1. The third-order valence-corrected chi connectivity index (χ3v) is 1.69. The summed E-state index contributed by atoms with van der Waals surface area (Å²) in [4.78, 5) is 20.8. The van der Waals surface area contributed by atoms with E-state index in [-0.39, 0.29) is 5.56 Å². The number of ketones is 1. The average molecular weight is 228 g/mol. The molecule has 4 nitrogen and oxygen atoms in total. The van der Waals surface area contributed by atoms with Gasteiger partial charge in [0.2, 0.25) is 0 Å². The maximum absolute atomic E-state index is 12.7. The second kappa shape index (κ2) is 4.52. The van der Waals surface area contributed by atoms with Crippen LogP contribution < -0.4 is 0 Å². The van der Waals surface area contributed by atoms with Crippen LogP contribution in [0.2, 0.25) is 0 Å². The maximum Gasteiger partial charge on any atom is 0.376 e. The fraction of sp³-hybridized carbons (Fsp3) is 0. The zero-order chi connectivity index (χ0) is 12.3. The van der Waals surface area contributed by atoms with Gasteiger partial charge >= 0.3 is 5.97 Å². The Morgan fingerprint density at radius 3 is 2.25 bits per heavy atom. The van der Waals surface area contributed by atoms with Crippen molar-refractivity contribution in [1.82, 2.24) is 0 Å². The lowest BCUT2D eigenvalue weighted by Gasteiger charge is -2.00. The fourth-order valence-electron chi connectivity index (χ4n) is 0.925. The summed E-state index contributed by atoms with van der Waals surface area (Å²) < 4.78 is 25.2. The van der Waals surface area contributed by atoms with E-state index in [9.17, 15) is 23.5 Å². The van der Waals surface area contributed by atoms with Crippen LogP contribution in [0.15, 0.2) is 24.3 Å². The summed E-state index contributed by atoms with van der Waals surface area (Å²) in [5.41, 5.74) is -0.187. The van der Waals surface area contributed by atoms with Crippen molar-refractivity contribution in [3.8, 4) is 0 Å². The van der Waals surface area contributed by atoms with Crippen molar-refractivity contribution < 1.29 is 28.6 Å². The molecule has 0 fully saturated rings. The number of carboxylic acid groups (broad SMARTS) is 1. The lowest BCUT2D eigenvalue weighted by molar-refractivity contribution is -0.146. The van der Waals surface area contributed by atoms with Crippen LogP contribution in [-0.2, 0) is 9.59 Å². The summed E-state index contributed by atoms with van der Waals surface area (Å²) in [7, 11) is 0. The molecule has 2 N–H and O–H groups in total. The van der Waals surface area contributed by atoms with E-state index >= 15 is 0 Å². The first-order valence-electron chi connectivity index (χ1n) is 4.05. The highest BCUT2D eigenvalue weighted by atomic mass is 19.2. The quantitative estimate of drug-likeness (QED) is 0.467. The predicted molar refractivity (Wildman–Crippen MR) is 49.6 cm³/mol. The highest BCUT2D eigenvalue weighted by Crippen LogP contribution is 2.15. The molecule has 0 heterocycles. The van der Waals surface area contributed by atoms with Crippen LogP contribution in [0.25, 0.3) is 5.76 Å². The summed E-state index contributed by atoms with van der Waals surface area (Å²) in [6.07, 6.45) is 0.412. The molecule has 0 saturated heterocycles. The van der Waals surface area contributed by atoms with Gasteiger partial charge in [0.05, 0.1) is 0 Å². The number of aliphatic carboxylic acids is 1. The van der Waals surface area contributed by atoms with Crippen LogP contribution in [-0.4, -0.2) is 22.0 Å². The second-order valence-electron chi connectivity index (χ2n) is 2.83.